The van der Waals surface area contributed by atoms with E-state index in [-0.39, 0.29) is 0 Å². The molecule has 1 saturated heterocycles. The molecule has 0 aliphatic carbocycles. The molecule has 1 fully saturated rings. The molecule has 0 unspecified atom stereocenters. The summed E-state index contributed by atoms with van der Waals surface area (Å²) in [6.07, 6.45) is 2.90. The lowest BCUT2D eigenvalue weighted by Gasteiger charge is -2.25. The second-order valence-corrected chi connectivity index (χ2v) is 3.29. The van der Waals surface area contributed by atoms with Crippen molar-refractivity contribution in [2.45, 2.75) is 26.7 Å². The van der Waals surface area contributed by atoms with E-state index in [9.17, 15) is 0 Å². The van der Waals surface area contributed by atoms with E-state index in [1.165, 1.54) is 32.5 Å². The van der Waals surface area contributed by atoms with Gasteiger partial charge in [-0.05, 0) is 25.7 Å². The molecule has 1 heterocycles. The van der Waals surface area contributed by atoms with Crippen LogP contribution in [0.15, 0.2) is 0 Å². The van der Waals surface area contributed by atoms with Gasteiger partial charge in [0.15, 0.2) is 0 Å². The number of likely N-dealkylation sites (tertiary alicyclic amines) is 1. The fourth-order valence-corrected chi connectivity index (χ4v) is 1.52. The molecule has 0 bridgehead atoms. The van der Waals surface area contributed by atoms with Gasteiger partial charge in [-0.25, -0.2) is 0 Å². The lowest BCUT2D eigenvalue weighted by molar-refractivity contribution is -0.904. The van der Waals surface area contributed by atoms with Crippen LogP contribution < -0.4 is 4.90 Å². The Morgan fingerprint density at radius 3 is 2.33 bits per heavy atom. The quantitative estimate of drug-likeness (QED) is 0.519. The van der Waals surface area contributed by atoms with Crippen LogP contribution in [0.25, 0.3) is 0 Å². The molecule has 1 aliphatic heterocycles. The van der Waals surface area contributed by atoms with Gasteiger partial charge in [-0.1, -0.05) is 6.92 Å². The molecular formula is C8H18N+. The SMILES string of the molecule is CC[NH+]1CCC(C)CC1. The molecular weight excluding hydrogens is 110 g/mol. The van der Waals surface area contributed by atoms with Crippen LogP contribution in [-0.4, -0.2) is 19.6 Å². The molecule has 0 amide bonds. The highest BCUT2D eigenvalue weighted by molar-refractivity contribution is 4.54. The largest absolute Gasteiger partial charge is 0.335 e. The number of rotatable bonds is 1. The van der Waals surface area contributed by atoms with Crippen LogP contribution in [0, 0.1) is 5.92 Å². The minimum absolute atomic E-state index is 1.00. The van der Waals surface area contributed by atoms with Crippen molar-refractivity contribution < 1.29 is 4.90 Å². The maximum Gasteiger partial charge on any atom is 0.0773 e. The summed E-state index contributed by atoms with van der Waals surface area (Å²) in [7, 11) is 0. The van der Waals surface area contributed by atoms with E-state index in [1.54, 1.807) is 4.90 Å². The predicted octanol–water partition coefficient (Wildman–Crippen LogP) is 0.321. The summed E-state index contributed by atoms with van der Waals surface area (Å²) >= 11 is 0. The van der Waals surface area contributed by atoms with Crippen molar-refractivity contribution in [3.8, 4) is 0 Å². The van der Waals surface area contributed by atoms with Crippen LogP contribution in [0.1, 0.15) is 26.7 Å². The van der Waals surface area contributed by atoms with Gasteiger partial charge in [0, 0.05) is 0 Å². The van der Waals surface area contributed by atoms with Crippen LogP contribution in [-0.2, 0) is 0 Å². The van der Waals surface area contributed by atoms with Crippen molar-refractivity contribution >= 4 is 0 Å². The number of piperidine rings is 1. The van der Waals surface area contributed by atoms with Gasteiger partial charge in [-0.2, -0.15) is 0 Å². The molecule has 0 aromatic carbocycles. The zero-order valence-corrected chi connectivity index (χ0v) is 6.61. The van der Waals surface area contributed by atoms with E-state index in [4.69, 9.17) is 0 Å². The zero-order chi connectivity index (χ0) is 6.69. The molecule has 0 atom stereocenters. The molecule has 1 aliphatic rings. The topological polar surface area (TPSA) is 4.44 Å². The van der Waals surface area contributed by atoms with Crippen molar-refractivity contribution in [1.82, 2.24) is 0 Å². The second-order valence-electron chi connectivity index (χ2n) is 3.29. The molecule has 1 N–H and O–H groups in total. The third-order valence-corrected chi connectivity index (χ3v) is 2.48. The maximum atomic E-state index is 2.37. The summed E-state index contributed by atoms with van der Waals surface area (Å²) in [6.45, 7) is 8.81. The average Bonchev–Trinajstić information content (AvgIpc) is 1.90. The molecule has 0 saturated carbocycles. The summed E-state index contributed by atoms with van der Waals surface area (Å²) in [4.78, 5) is 1.80. The van der Waals surface area contributed by atoms with Gasteiger partial charge < -0.3 is 4.90 Å². The Morgan fingerprint density at radius 1 is 1.33 bits per heavy atom. The molecule has 0 spiro atoms. The molecule has 1 nitrogen and oxygen atoms in total. The highest BCUT2D eigenvalue weighted by Gasteiger charge is 2.16. The van der Waals surface area contributed by atoms with E-state index < -0.39 is 0 Å². The first-order chi connectivity index (χ1) is 4.33. The van der Waals surface area contributed by atoms with Crippen molar-refractivity contribution in [3.63, 3.8) is 0 Å². The van der Waals surface area contributed by atoms with Gasteiger partial charge in [-0.3, -0.25) is 0 Å². The zero-order valence-electron chi connectivity index (χ0n) is 6.61. The number of nitrogens with one attached hydrogen (secondary N) is 1. The maximum absolute atomic E-state index is 2.37. The highest BCUT2D eigenvalue weighted by atomic mass is 15.1. The van der Waals surface area contributed by atoms with E-state index >= 15 is 0 Å². The third kappa shape index (κ3) is 1.98. The normalized spacial score (nSPS) is 36.7. The first kappa shape index (κ1) is 7.07. The Kier molecular flexibility index (Phi) is 2.52. The van der Waals surface area contributed by atoms with Crippen molar-refractivity contribution in [3.05, 3.63) is 0 Å². The number of quaternary nitrogens is 1. The van der Waals surface area contributed by atoms with Crippen molar-refractivity contribution in [1.29, 1.82) is 0 Å². The van der Waals surface area contributed by atoms with Crippen LogP contribution in [0.2, 0.25) is 0 Å². The van der Waals surface area contributed by atoms with E-state index in [1.807, 2.05) is 0 Å². The molecule has 0 aromatic heterocycles. The summed E-state index contributed by atoms with van der Waals surface area (Å²) in [6, 6.07) is 0. The van der Waals surface area contributed by atoms with E-state index in [0.29, 0.717) is 0 Å². The minimum Gasteiger partial charge on any atom is -0.335 e. The Morgan fingerprint density at radius 2 is 1.89 bits per heavy atom. The van der Waals surface area contributed by atoms with Gasteiger partial charge >= 0.3 is 0 Å². The molecule has 0 radical (unpaired) electrons. The fourth-order valence-electron chi connectivity index (χ4n) is 1.52. The molecule has 0 aromatic rings. The van der Waals surface area contributed by atoms with Crippen LogP contribution in [0.5, 0.6) is 0 Å². The minimum atomic E-state index is 1.00. The standard InChI is InChI=1S/C8H17N/c1-3-9-6-4-8(2)5-7-9/h8H,3-7H2,1-2H3/p+1. The highest BCUT2D eigenvalue weighted by Crippen LogP contribution is 2.06. The lowest BCUT2D eigenvalue weighted by atomic mass is 9.99. The van der Waals surface area contributed by atoms with Crippen LogP contribution in [0.4, 0.5) is 0 Å². The van der Waals surface area contributed by atoms with Gasteiger partial charge in [0.2, 0.25) is 0 Å². The van der Waals surface area contributed by atoms with E-state index in [0.717, 1.165) is 5.92 Å². The fraction of sp³-hybridized carbons (Fsp3) is 1.00. The molecule has 1 rings (SSSR count). The van der Waals surface area contributed by atoms with Crippen LogP contribution in [0.3, 0.4) is 0 Å². The molecule has 9 heavy (non-hydrogen) atoms. The Balaban J connectivity index is 2.18. The van der Waals surface area contributed by atoms with Gasteiger partial charge in [0.25, 0.3) is 0 Å². The number of hydrogen-bond donors (Lipinski definition) is 1. The van der Waals surface area contributed by atoms with Crippen molar-refractivity contribution in [2.75, 3.05) is 19.6 Å². The Bertz CT molecular complexity index is 72.6. The summed E-state index contributed by atoms with van der Waals surface area (Å²) in [5.41, 5.74) is 0. The molecule has 54 valence electrons. The summed E-state index contributed by atoms with van der Waals surface area (Å²) < 4.78 is 0. The van der Waals surface area contributed by atoms with Gasteiger partial charge in [0.05, 0.1) is 19.6 Å². The van der Waals surface area contributed by atoms with Crippen molar-refractivity contribution in [2.24, 2.45) is 5.92 Å². The average molecular weight is 128 g/mol. The third-order valence-electron chi connectivity index (χ3n) is 2.48. The molecule has 1 heteroatoms. The predicted molar refractivity (Wildman–Crippen MR) is 39.6 cm³/mol. The summed E-state index contributed by atoms with van der Waals surface area (Å²) in [5.74, 6) is 1.00. The lowest BCUT2D eigenvalue weighted by Crippen LogP contribution is -3.12. The first-order valence-corrected chi connectivity index (χ1v) is 4.16. The summed E-state index contributed by atoms with van der Waals surface area (Å²) in [5, 5.41) is 0. The monoisotopic (exact) mass is 128 g/mol. The first-order valence-electron chi connectivity index (χ1n) is 4.16. The Hall–Kier alpha value is -0.0400. The van der Waals surface area contributed by atoms with Gasteiger partial charge in [-0.15, -0.1) is 0 Å². The van der Waals surface area contributed by atoms with Crippen LogP contribution >= 0.6 is 0 Å². The van der Waals surface area contributed by atoms with Gasteiger partial charge in [0.1, 0.15) is 0 Å². The Labute approximate surface area is 58.0 Å². The number of hydrogen-bond acceptors (Lipinski definition) is 0. The second kappa shape index (κ2) is 3.21. The van der Waals surface area contributed by atoms with E-state index in [2.05, 4.69) is 13.8 Å². The smallest absolute Gasteiger partial charge is 0.0773 e.